The van der Waals surface area contributed by atoms with Crippen LogP contribution < -0.4 is 21.7 Å². The van der Waals surface area contributed by atoms with Gasteiger partial charge in [-0.25, -0.2) is 4.39 Å². The minimum Gasteiger partial charge on any atom is -0.383 e. The molecule has 2 atom stereocenters. The van der Waals surface area contributed by atoms with Gasteiger partial charge in [0.2, 0.25) is 0 Å². The van der Waals surface area contributed by atoms with Crippen LogP contribution in [0.25, 0.3) is 5.57 Å². The Morgan fingerprint density at radius 3 is 2.37 bits per heavy atom. The van der Waals surface area contributed by atoms with E-state index in [1.165, 1.54) is 6.07 Å². The molecule has 0 bridgehead atoms. The van der Waals surface area contributed by atoms with Crippen molar-refractivity contribution in [1.29, 1.82) is 0 Å². The molecule has 5 nitrogen and oxygen atoms in total. The zero-order chi connectivity index (χ0) is 28.8. The number of alkyl halides is 3. The molecule has 0 aromatic heterocycles. The maximum atomic E-state index is 15.8. The second kappa shape index (κ2) is 13.4. The van der Waals surface area contributed by atoms with Gasteiger partial charge in [-0.05, 0) is 84.1 Å². The van der Waals surface area contributed by atoms with Crippen LogP contribution in [0.15, 0.2) is 28.4 Å². The van der Waals surface area contributed by atoms with Gasteiger partial charge in [-0.15, -0.1) is 0 Å². The van der Waals surface area contributed by atoms with Crippen molar-refractivity contribution in [3.05, 3.63) is 50.9 Å². The van der Waals surface area contributed by atoms with Crippen LogP contribution in [0.3, 0.4) is 0 Å². The summed E-state index contributed by atoms with van der Waals surface area (Å²) >= 11 is 6.45. The predicted octanol–water partition coefficient (Wildman–Crippen LogP) is 6.08. The first kappa shape index (κ1) is 32.3. The molecule has 1 aliphatic rings. The summed E-state index contributed by atoms with van der Waals surface area (Å²) in [6, 6.07) is -1.05. The molecular formula is C28H42ClF4N5. The molecule has 0 aliphatic carbocycles. The van der Waals surface area contributed by atoms with Crippen molar-refractivity contribution in [2.75, 3.05) is 20.1 Å². The topological polar surface area (TPSA) is 74.5 Å². The predicted molar refractivity (Wildman–Crippen MR) is 150 cm³/mol. The third-order valence-electron chi connectivity index (χ3n) is 6.30. The lowest BCUT2D eigenvalue weighted by Crippen LogP contribution is -2.58. The van der Waals surface area contributed by atoms with Gasteiger partial charge < -0.3 is 16.4 Å². The van der Waals surface area contributed by atoms with E-state index in [1.807, 2.05) is 34.6 Å². The Hall–Kier alpha value is -1.94. The molecule has 214 valence electrons. The molecule has 0 spiro atoms. The van der Waals surface area contributed by atoms with Crippen LogP contribution in [0, 0.1) is 5.82 Å². The summed E-state index contributed by atoms with van der Waals surface area (Å²) < 4.78 is 58.6. The van der Waals surface area contributed by atoms with Gasteiger partial charge in [0, 0.05) is 66.4 Å². The summed E-state index contributed by atoms with van der Waals surface area (Å²) in [5, 5.41) is 8.47. The first-order valence-electron chi connectivity index (χ1n) is 12.9. The summed E-state index contributed by atoms with van der Waals surface area (Å²) in [6.07, 6.45) is 0.223. The van der Waals surface area contributed by atoms with Crippen molar-refractivity contribution in [1.82, 2.24) is 16.0 Å². The van der Waals surface area contributed by atoms with Crippen molar-refractivity contribution in [3.8, 4) is 0 Å². The van der Waals surface area contributed by atoms with E-state index < -0.39 is 23.1 Å². The molecule has 0 amide bonds. The molecule has 1 aromatic carbocycles. The zero-order valence-corrected chi connectivity index (χ0v) is 24.2. The molecule has 1 fully saturated rings. The molecule has 1 saturated heterocycles. The molecule has 0 saturated carbocycles. The normalized spacial score (nSPS) is 17.9. The molecule has 1 heterocycles. The third-order valence-corrected chi connectivity index (χ3v) is 6.67. The average Bonchev–Trinajstić information content (AvgIpc) is 2.73. The van der Waals surface area contributed by atoms with Crippen LogP contribution in [-0.2, 0) is 6.42 Å². The minimum absolute atomic E-state index is 0.104. The molecule has 1 aromatic rings. The maximum absolute atomic E-state index is 15.8. The summed E-state index contributed by atoms with van der Waals surface area (Å²) in [6.45, 7) is 12.3. The van der Waals surface area contributed by atoms with Crippen molar-refractivity contribution < 1.29 is 17.6 Å². The number of nitrogens with zero attached hydrogens (tertiary/aromatic N) is 1. The quantitative estimate of drug-likeness (QED) is 0.151. The Morgan fingerprint density at radius 1 is 1.26 bits per heavy atom. The number of rotatable bonds is 11. The van der Waals surface area contributed by atoms with Crippen LogP contribution in [0.1, 0.15) is 77.1 Å². The monoisotopic (exact) mass is 559 g/mol. The van der Waals surface area contributed by atoms with E-state index in [0.29, 0.717) is 37.1 Å². The van der Waals surface area contributed by atoms with Crippen molar-refractivity contribution in [2.45, 2.75) is 90.6 Å². The van der Waals surface area contributed by atoms with E-state index in [9.17, 15) is 13.2 Å². The molecular weight excluding hydrogens is 518 g/mol. The lowest BCUT2D eigenvalue weighted by Gasteiger charge is -2.35. The molecule has 38 heavy (non-hydrogen) atoms. The van der Waals surface area contributed by atoms with Gasteiger partial charge in [-0.1, -0.05) is 11.6 Å². The van der Waals surface area contributed by atoms with Gasteiger partial charge in [0.05, 0.1) is 5.02 Å². The van der Waals surface area contributed by atoms with Crippen molar-refractivity contribution in [3.63, 3.8) is 0 Å². The van der Waals surface area contributed by atoms with Crippen LogP contribution in [0.5, 0.6) is 0 Å². The fourth-order valence-corrected chi connectivity index (χ4v) is 4.76. The number of allylic oxidation sites excluding steroid dienone is 4. The Balaban J connectivity index is 2.67. The van der Waals surface area contributed by atoms with Gasteiger partial charge in [0.25, 0.3) is 0 Å². The number of hydrogen-bond acceptors (Lipinski definition) is 5. The Kier molecular flexibility index (Phi) is 11.4. The van der Waals surface area contributed by atoms with Crippen molar-refractivity contribution >= 4 is 23.4 Å². The number of aliphatic imine (C=N–C) groups is 1. The Morgan fingerprint density at radius 2 is 1.89 bits per heavy atom. The first-order valence-corrected chi connectivity index (χ1v) is 13.3. The SMILES string of the molecule is CN=CC(/C=C(\C)c1cc(CCCC(C)N)c(C(NC2CNC2)C(F)(F)F)c(Cl)c1F)=C(/C)NC(C)(C)C. The number of benzene rings is 1. The van der Waals surface area contributed by atoms with Gasteiger partial charge in [-0.3, -0.25) is 10.3 Å². The third kappa shape index (κ3) is 9.07. The largest absolute Gasteiger partial charge is 0.407 e. The molecule has 10 heteroatoms. The van der Waals surface area contributed by atoms with Gasteiger partial charge in [-0.2, -0.15) is 13.2 Å². The highest BCUT2D eigenvalue weighted by atomic mass is 35.5. The van der Waals surface area contributed by atoms with E-state index in [1.54, 1.807) is 26.3 Å². The van der Waals surface area contributed by atoms with Crippen molar-refractivity contribution in [2.24, 2.45) is 10.7 Å². The summed E-state index contributed by atoms with van der Waals surface area (Å²) in [7, 11) is 1.64. The first-order chi connectivity index (χ1) is 17.5. The van der Waals surface area contributed by atoms with E-state index in [-0.39, 0.29) is 35.2 Å². The summed E-state index contributed by atoms with van der Waals surface area (Å²) in [5.41, 5.74) is 8.03. The number of aryl methyl sites for hydroxylation is 1. The minimum atomic E-state index is -4.66. The van der Waals surface area contributed by atoms with Gasteiger partial charge in [0.1, 0.15) is 11.9 Å². The van der Waals surface area contributed by atoms with Gasteiger partial charge >= 0.3 is 6.18 Å². The van der Waals surface area contributed by atoms with Crippen LogP contribution in [0.2, 0.25) is 5.02 Å². The number of halogens is 5. The summed E-state index contributed by atoms with van der Waals surface area (Å²) in [4.78, 5) is 4.12. The molecule has 2 rings (SSSR count). The average molecular weight is 560 g/mol. The number of hydrogen-bond donors (Lipinski definition) is 4. The Bertz CT molecular complexity index is 1050. The molecule has 2 unspecified atom stereocenters. The molecule has 0 radical (unpaired) electrons. The highest BCUT2D eigenvalue weighted by molar-refractivity contribution is 6.32. The smallest absolute Gasteiger partial charge is 0.383 e. The van der Waals surface area contributed by atoms with Gasteiger partial charge in [0.15, 0.2) is 0 Å². The number of nitrogens with two attached hydrogens (primary N) is 1. The van der Waals surface area contributed by atoms with Crippen LogP contribution >= 0.6 is 11.6 Å². The number of nitrogens with one attached hydrogen (secondary N) is 3. The van der Waals surface area contributed by atoms with E-state index in [0.717, 1.165) is 11.3 Å². The highest BCUT2D eigenvalue weighted by Crippen LogP contribution is 2.42. The lowest BCUT2D eigenvalue weighted by molar-refractivity contribution is -0.160. The van der Waals surface area contributed by atoms with E-state index >= 15 is 4.39 Å². The van der Waals surface area contributed by atoms with E-state index in [4.69, 9.17) is 17.3 Å². The second-order valence-electron chi connectivity index (χ2n) is 11.2. The van der Waals surface area contributed by atoms with E-state index in [2.05, 4.69) is 20.9 Å². The standard InChI is InChI=1S/C28H42ClF4N5/c1-16(11-20(13-35-7)18(3)38-27(4,5)6)22-12-19(10-8-9-17(2)34)23(24(29)25(22)30)26(28(31,32)33)37-21-14-36-15-21/h11-13,17,21,26,36-38H,8-10,14-15,34H2,1-7H3/b16-11+,20-18-,35-13?. The second-order valence-corrected chi connectivity index (χ2v) is 11.5. The Labute approximate surface area is 229 Å². The van der Waals surface area contributed by atoms with Crippen LogP contribution in [0.4, 0.5) is 17.6 Å². The highest BCUT2D eigenvalue weighted by Gasteiger charge is 2.45. The molecule has 5 N–H and O–H groups in total. The summed E-state index contributed by atoms with van der Waals surface area (Å²) in [5.74, 6) is -0.872. The molecule has 1 aliphatic heterocycles. The fourth-order valence-electron chi connectivity index (χ4n) is 4.42. The lowest BCUT2D eigenvalue weighted by atomic mass is 9.90. The zero-order valence-electron chi connectivity index (χ0n) is 23.4. The maximum Gasteiger partial charge on any atom is 0.407 e. The fraction of sp³-hybridized carbons (Fsp3) is 0.607. The van der Waals surface area contributed by atoms with Crippen LogP contribution in [-0.4, -0.2) is 50.2 Å².